The molecule has 0 bridgehead atoms. The van der Waals surface area contributed by atoms with Crippen LogP contribution in [0.15, 0.2) is 18.2 Å². The van der Waals surface area contributed by atoms with Crippen molar-refractivity contribution < 1.29 is 29.3 Å². The minimum Gasteiger partial charge on any atom is -0.497 e. The number of carboxylic acid groups (broad SMARTS) is 1. The molecule has 0 aliphatic heterocycles. The quantitative estimate of drug-likeness (QED) is 0.644. The average molecular weight is 326 g/mol. The zero-order valence-electron chi connectivity index (χ0n) is 13.5. The molecule has 0 aliphatic carbocycles. The Labute approximate surface area is 134 Å². The predicted octanol–water partition coefficient (Wildman–Crippen LogP) is 1.49. The standard InChI is InChI=1S/C15H22N2O6/c1-15(2,3)23-14(21)17-10-6-5-8(22-4)7-9(10)12(18)11(16)13(19)20/h5-7,11-12,18H,16H2,1-4H3,(H,17,21)(H,19,20). The Bertz CT molecular complexity index is 582. The highest BCUT2D eigenvalue weighted by Crippen LogP contribution is 2.29. The number of hydrogen-bond donors (Lipinski definition) is 4. The van der Waals surface area contributed by atoms with Crippen molar-refractivity contribution >= 4 is 17.7 Å². The molecule has 0 radical (unpaired) electrons. The highest BCUT2D eigenvalue weighted by atomic mass is 16.6. The first-order valence-electron chi connectivity index (χ1n) is 6.89. The van der Waals surface area contributed by atoms with Crippen molar-refractivity contribution in [3.05, 3.63) is 23.8 Å². The lowest BCUT2D eigenvalue weighted by atomic mass is 10.0. The third-order valence-electron chi connectivity index (χ3n) is 2.84. The van der Waals surface area contributed by atoms with Crippen LogP contribution in [0.5, 0.6) is 5.75 Å². The summed E-state index contributed by atoms with van der Waals surface area (Å²) in [5, 5.41) is 21.6. The van der Waals surface area contributed by atoms with E-state index in [1.165, 1.54) is 19.2 Å². The van der Waals surface area contributed by atoms with Gasteiger partial charge in [-0.1, -0.05) is 0 Å². The van der Waals surface area contributed by atoms with Crippen LogP contribution < -0.4 is 15.8 Å². The van der Waals surface area contributed by atoms with Crippen molar-refractivity contribution in [2.24, 2.45) is 5.73 Å². The molecule has 0 aliphatic rings. The second-order valence-electron chi connectivity index (χ2n) is 5.89. The molecule has 23 heavy (non-hydrogen) atoms. The maximum atomic E-state index is 11.9. The lowest BCUT2D eigenvalue weighted by molar-refractivity contribution is -0.141. The van der Waals surface area contributed by atoms with E-state index in [1.54, 1.807) is 26.8 Å². The van der Waals surface area contributed by atoms with E-state index in [0.29, 0.717) is 5.75 Å². The fraction of sp³-hybridized carbons (Fsp3) is 0.467. The molecule has 8 nitrogen and oxygen atoms in total. The van der Waals surface area contributed by atoms with Gasteiger partial charge in [-0.2, -0.15) is 0 Å². The third-order valence-corrected chi connectivity index (χ3v) is 2.84. The van der Waals surface area contributed by atoms with Crippen molar-refractivity contribution in [1.29, 1.82) is 0 Å². The maximum absolute atomic E-state index is 11.9. The molecule has 8 heteroatoms. The zero-order valence-corrected chi connectivity index (χ0v) is 13.5. The summed E-state index contributed by atoms with van der Waals surface area (Å²) in [6.45, 7) is 5.12. The smallest absolute Gasteiger partial charge is 0.412 e. The Balaban J connectivity index is 3.12. The number of methoxy groups -OCH3 is 1. The van der Waals surface area contributed by atoms with Gasteiger partial charge < -0.3 is 25.4 Å². The molecule has 2 atom stereocenters. The molecule has 0 aromatic heterocycles. The molecule has 5 N–H and O–H groups in total. The van der Waals surface area contributed by atoms with Gasteiger partial charge in [0.1, 0.15) is 23.5 Å². The van der Waals surface area contributed by atoms with E-state index in [1.807, 2.05) is 0 Å². The van der Waals surface area contributed by atoms with E-state index < -0.39 is 29.8 Å². The summed E-state index contributed by atoms with van der Waals surface area (Å²) in [4.78, 5) is 22.8. The molecule has 1 rings (SSSR count). The van der Waals surface area contributed by atoms with Gasteiger partial charge in [0, 0.05) is 5.56 Å². The number of nitrogens with one attached hydrogen (secondary N) is 1. The first kappa shape index (κ1) is 18.7. The Morgan fingerprint density at radius 1 is 1.30 bits per heavy atom. The number of ether oxygens (including phenoxy) is 2. The van der Waals surface area contributed by atoms with Gasteiger partial charge in [-0.25, -0.2) is 4.79 Å². The number of amides is 1. The van der Waals surface area contributed by atoms with Gasteiger partial charge in [-0.05, 0) is 39.0 Å². The second kappa shape index (κ2) is 7.30. The van der Waals surface area contributed by atoms with E-state index in [4.69, 9.17) is 20.3 Å². The molecular weight excluding hydrogens is 304 g/mol. The number of carbonyl (C=O) groups excluding carboxylic acids is 1. The minimum atomic E-state index is -1.55. The van der Waals surface area contributed by atoms with Gasteiger partial charge in [0.2, 0.25) is 0 Å². The molecular formula is C15H22N2O6. The number of aliphatic hydroxyl groups is 1. The topological polar surface area (TPSA) is 131 Å². The lowest BCUT2D eigenvalue weighted by Gasteiger charge is -2.22. The number of anilines is 1. The van der Waals surface area contributed by atoms with E-state index in [0.717, 1.165) is 0 Å². The summed E-state index contributed by atoms with van der Waals surface area (Å²) in [6.07, 6.45) is -2.27. The number of carbonyl (C=O) groups is 2. The minimum absolute atomic E-state index is 0.116. The van der Waals surface area contributed by atoms with Gasteiger partial charge in [0.15, 0.2) is 0 Å². The molecule has 2 unspecified atom stereocenters. The summed E-state index contributed by atoms with van der Waals surface area (Å²) in [5.41, 5.74) is 5.05. The van der Waals surface area contributed by atoms with Gasteiger partial charge in [0.05, 0.1) is 12.8 Å². The molecule has 0 saturated carbocycles. The SMILES string of the molecule is COc1ccc(NC(=O)OC(C)(C)C)c(C(O)C(N)C(=O)O)c1. The summed E-state index contributed by atoms with van der Waals surface area (Å²) in [7, 11) is 1.42. The Morgan fingerprint density at radius 3 is 2.39 bits per heavy atom. The first-order chi connectivity index (χ1) is 10.5. The number of benzene rings is 1. The molecule has 0 saturated heterocycles. The molecule has 0 fully saturated rings. The third kappa shape index (κ3) is 5.42. The van der Waals surface area contributed by atoms with Gasteiger partial charge in [0.25, 0.3) is 0 Å². The first-order valence-corrected chi connectivity index (χ1v) is 6.89. The van der Waals surface area contributed by atoms with E-state index in [2.05, 4.69) is 5.32 Å². The summed E-state index contributed by atoms with van der Waals surface area (Å²) in [6, 6.07) is 2.87. The maximum Gasteiger partial charge on any atom is 0.412 e. The molecule has 1 aromatic carbocycles. The monoisotopic (exact) mass is 326 g/mol. The zero-order chi connectivity index (χ0) is 17.8. The van der Waals surface area contributed by atoms with Crippen LogP contribution in [0.4, 0.5) is 10.5 Å². The van der Waals surface area contributed by atoms with E-state index in [9.17, 15) is 14.7 Å². The van der Waals surface area contributed by atoms with Crippen molar-refractivity contribution in [2.45, 2.75) is 38.5 Å². The number of rotatable bonds is 5. The van der Waals surface area contributed by atoms with Crippen LogP contribution >= 0.6 is 0 Å². The van der Waals surface area contributed by atoms with Crippen molar-refractivity contribution in [2.75, 3.05) is 12.4 Å². The Kier molecular flexibility index (Phi) is 5.94. The fourth-order valence-corrected chi connectivity index (χ4v) is 1.77. The summed E-state index contributed by atoms with van der Waals surface area (Å²) < 4.78 is 10.2. The molecule has 128 valence electrons. The Morgan fingerprint density at radius 2 is 1.91 bits per heavy atom. The predicted molar refractivity (Wildman–Crippen MR) is 83.4 cm³/mol. The number of hydrogen-bond acceptors (Lipinski definition) is 6. The molecule has 1 aromatic rings. The lowest BCUT2D eigenvalue weighted by Crippen LogP contribution is -2.37. The van der Waals surface area contributed by atoms with E-state index >= 15 is 0 Å². The largest absolute Gasteiger partial charge is 0.497 e. The van der Waals surface area contributed by atoms with Crippen LogP contribution in [0.3, 0.4) is 0 Å². The Hall–Kier alpha value is -2.32. The fourth-order valence-electron chi connectivity index (χ4n) is 1.77. The normalized spacial score (nSPS) is 13.8. The van der Waals surface area contributed by atoms with Gasteiger partial charge in [-0.15, -0.1) is 0 Å². The van der Waals surface area contributed by atoms with Crippen LogP contribution in [-0.4, -0.2) is 41.0 Å². The van der Waals surface area contributed by atoms with Crippen LogP contribution in [0, 0.1) is 0 Å². The van der Waals surface area contributed by atoms with Gasteiger partial charge in [-0.3, -0.25) is 10.1 Å². The van der Waals surface area contributed by atoms with Gasteiger partial charge >= 0.3 is 12.1 Å². The van der Waals surface area contributed by atoms with E-state index in [-0.39, 0.29) is 11.3 Å². The van der Waals surface area contributed by atoms with Crippen LogP contribution in [0.25, 0.3) is 0 Å². The highest BCUT2D eigenvalue weighted by Gasteiger charge is 2.27. The summed E-state index contributed by atoms with van der Waals surface area (Å²) in [5.74, 6) is -0.991. The van der Waals surface area contributed by atoms with Crippen molar-refractivity contribution in [3.63, 3.8) is 0 Å². The number of aliphatic carboxylic acids is 1. The number of carboxylic acids is 1. The summed E-state index contributed by atoms with van der Waals surface area (Å²) >= 11 is 0. The average Bonchev–Trinajstić information content (AvgIpc) is 2.43. The number of nitrogens with two attached hydrogens (primary N) is 1. The molecule has 0 spiro atoms. The number of aliphatic hydroxyl groups excluding tert-OH is 1. The highest BCUT2D eigenvalue weighted by molar-refractivity contribution is 5.86. The second-order valence-corrected chi connectivity index (χ2v) is 5.89. The van der Waals surface area contributed by atoms with Crippen LogP contribution in [0.1, 0.15) is 32.4 Å². The van der Waals surface area contributed by atoms with Crippen LogP contribution in [0.2, 0.25) is 0 Å². The molecule has 0 heterocycles. The van der Waals surface area contributed by atoms with Crippen molar-refractivity contribution in [1.82, 2.24) is 0 Å². The van der Waals surface area contributed by atoms with Crippen LogP contribution in [-0.2, 0) is 9.53 Å². The molecule has 1 amide bonds. The van der Waals surface area contributed by atoms with Crippen molar-refractivity contribution in [3.8, 4) is 5.75 Å².